The zero-order valence-corrected chi connectivity index (χ0v) is 25.9. The topological polar surface area (TPSA) is 118 Å². The van der Waals surface area contributed by atoms with Crippen molar-refractivity contribution in [2.75, 3.05) is 23.3 Å². The molecule has 0 unspecified atom stereocenters. The number of fused-ring (bicyclic) bond motifs is 1. The van der Waals surface area contributed by atoms with Gasteiger partial charge in [-0.25, -0.2) is 4.79 Å². The number of nitrogens with zero attached hydrogens (tertiary/aromatic N) is 3. The van der Waals surface area contributed by atoms with Gasteiger partial charge in [0.1, 0.15) is 5.60 Å². The second kappa shape index (κ2) is 14.2. The van der Waals surface area contributed by atoms with Crippen LogP contribution in [0.3, 0.4) is 0 Å². The van der Waals surface area contributed by atoms with Gasteiger partial charge in [-0.15, -0.1) is 0 Å². The van der Waals surface area contributed by atoms with Crippen LogP contribution in [0.4, 0.5) is 16.2 Å². The Hall–Kier alpha value is -4.34. The summed E-state index contributed by atoms with van der Waals surface area (Å²) in [5.74, 6) is 0.0801. The molecule has 3 N–H and O–H groups in total. The molecule has 230 valence electrons. The van der Waals surface area contributed by atoms with E-state index in [2.05, 4.69) is 58.3 Å². The number of carbonyl (C=O) groups is 3. The molecule has 1 aliphatic rings. The first-order valence-electron chi connectivity index (χ1n) is 15.1. The van der Waals surface area contributed by atoms with Gasteiger partial charge in [-0.3, -0.25) is 14.3 Å². The fourth-order valence-corrected chi connectivity index (χ4v) is 5.25. The molecule has 0 aliphatic carbocycles. The van der Waals surface area contributed by atoms with Gasteiger partial charge in [-0.1, -0.05) is 37.3 Å². The molecule has 1 aromatic heterocycles. The van der Waals surface area contributed by atoms with E-state index >= 15 is 0 Å². The third-order valence-electron chi connectivity index (χ3n) is 7.26. The Morgan fingerprint density at radius 2 is 1.74 bits per heavy atom. The van der Waals surface area contributed by atoms with Gasteiger partial charge in [0.05, 0.1) is 18.8 Å². The molecule has 4 rings (SSSR count). The van der Waals surface area contributed by atoms with E-state index in [1.165, 1.54) is 0 Å². The molecule has 2 aromatic carbocycles. The van der Waals surface area contributed by atoms with Crippen molar-refractivity contribution in [3.8, 4) is 11.1 Å². The first-order valence-corrected chi connectivity index (χ1v) is 15.1. The van der Waals surface area contributed by atoms with E-state index in [9.17, 15) is 14.4 Å². The summed E-state index contributed by atoms with van der Waals surface area (Å²) in [5, 5.41) is 13.7. The van der Waals surface area contributed by atoms with Crippen LogP contribution in [0, 0.1) is 0 Å². The molecule has 1 aliphatic heterocycles. The van der Waals surface area contributed by atoms with Gasteiger partial charge in [0.2, 0.25) is 11.8 Å². The fourth-order valence-electron chi connectivity index (χ4n) is 5.25. The van der Waals surface area contributed by atoms with E-state index in [0.717, 1.165) is 34.5 Å². The summed E-state index contributed by atoms with van der Waals surface area (Å²) in [7, 11) is 0. The molecule has 0 spiro atoms. The highest BCUT2D eigenvalue weighted by atomic mass is 16.6. The Kier molecular flexibility index (Phi) is 10.4. The lowest BCUT2D eigenvalue weighted by Crippen LogP contribution is -2.44. The Morgan fingerprint density at radius 1 is 1.00 bits per heavy atom. The number of hydrogen-bond donors (Lipinski definition) is 3. The van der Waals surface area contributed by atoms with Crippen molar-refractivity contribution in [1.29, 1.82) is 0 Å². The van der Waals surface area contributed by atoms with Crippen molar-refractivity contribution in [2.24, 2.45) is 0 Å². The van der Waals surface area contributed by atoms with Gasteiger partial charge in [0.15, 0.2) is 0 Å². The van der Waals surface area contributed by atoms with Gasteiger partial charge in [-0.05, 0) is 69.9 Å². The number of nitrogens with one attached hydrogen (secondary N) is 3. The van der Waals surface area contributed by atoms with Gasteiger partial charge in [0.25, 0.3) is 0 Å². The average Bonchev–Trinajstić information content (AvgIpc) is 3.43. The number of benzene rings is 2. The van der Waals surface area contributed by atoms with E-state index in [4.69, 9.17) is 4.74 Å². The molecule has 2 atom stereocenters. The van der Waals surface area contributed by atoms with Crippen LogP contribution in [0.2, 0.25) is 0 Å². The van der Waals surface area contributed by atoms with E-state index < -0.39 is 11.7 Å². The Morgan fingerprint density at radius 3 is 2.47 bits per heavy atom. The number of aromatic nitrogens is 2. The summed E-state index contributed by atoms with van der Waals surface area (Å²) in [6.45, 7) is 10.8. The van der Waals surface area contributed by atoms with Crippen LogP contribution in [0.15, 0.2) is 60.9 Å². The molecule has 0 saturated heterocycles. The molecule has 43 heavy (non-hydrogen) atoms. The molecule has 10 heteroatoms. The number of hydrogen-bond acceptors (Lipinski definition) is 6. The lowest BCUT2D eigenvalue weighted by molar-refractivity contribution is -0.121. The molecule has 0 bridgehead atoms. The van der Waals surface area contributed by atoms with E-state index in [-0.39, 0.29) is 23.9 Å². The molecule has 10 nitrogen and oxygen atoms in total. The smallest absolute Gasteiger partial charge is 0.407 e. The van der Waals surface area contributed by atoms with Crippen LogP contribution in [-0.2, 0) is 20.9 Å². The Bertz CT molecular complexity index is 1390. The van der Waals surface area contributed by atoms with Crippen molar-refractivity contribution < 1.29 is 19.1 Å². The number of carbonyl (C=O) groups excluding carboxylic acids is 3. The summed E-state index contributed by atoms with van der Waals surface area (Å²) in [6.07, 6.45) is 5.49. The van der Waals surface area contributed by atoms with Crippen LogP contribution in [0.5, 0.6) is 0 Å². The van der Waals surface area contributed by atoms with Gasteiger partial charge in [0, 0.05) is 55.1 Å². The molecule has 0 saturated carbocycles. The summed E-state index contributed by atoms with van der Waals surface area (Å²) >= 11 is 0. The van der Waals surface area contributed by atoms with Crippen LogP contribution in [-0.4, -0.2) is 52.4 Å². The molecule has 0 radical (unpaired) electrons. The fraction of sp³-hybridized carbons (Fsp3) is 0.455. The quantitative estimate of drug-likeness (QED) is 0.249. The predicted octanol–water partition coefficient (Wildman–Crippen LogP) is 5.66. The number of anilines is 2. The zero-order valence-electron chi connectivity index (χ0n) is 25.9. The lowest BCUT2D eigenvalue weighted by Gasteiger charge is -2.40. The normalized spacial score (nSPS) is 16.3. The number of alkyl carbamates (subject to hydrolysis) is 1. The number of para-hydroxylation sites is 1. The number of ether oxygens (including phenoxy) is 1. The molecular formula is C33H44N6O4. The SMILES string of the molecule is CCC(=O)N1c2ccccc2[C@H](Nc2ccc(-c3cnn(CCNC(=O)CCCNC(=O)OC(C)(C)C)c3)cc2)C[C@@H]1C. The average molecular weight is 589 g/mol. The van der Waals surface area contributed by atoms with Crippen molar-refractivity contribution in [2.45, 2.75) is 84.5 Å². The summed E-state index contributed by atoms with van der Waals surface area (Å²) in [5.41, 5.74) is 4.64. The second-order valence-corrected chi connectivity index (χ2v) is 11.9. The van der Waals surface area contributed by atoms with Gasteiger partial charge in [-0.2, -0.15) is 5.10 Å². The van der Waals surface area contributed by atoms with Crippen LogP contribution in [0.1, 0.15) is 71.9 Å². The van der Waals surface area contributed by atoms with E-state index in [0.29, 0.717) is 38.9 Å². The van der Waals surface area contributed by atoms with Gasteiger partial charge < -0.3 is 25.6 Å². The summed E-state index contributed by atoms with van der Waals surface area (Å²) in [4.78, 5) is 38.4. The van der Waals surface area contributed by atoms with Crippen molar-refractivity contribution >= 4 is 29.3 Å². The minimum Gasteiger partial charge on any atom is -0.444 e. The number of amides is 3. The summed E-state index contributed by atoms with van der Waals surface area (Å²) in [6, 6.07) is 16.6. The van der Waals surface area contributed by atoms with Crippen LogP contribution in [0.25, 0.3) is 11.1 Å². The molecule has 0 fully saturated rings. The predicted molar refractivity (Wildman–Crippen MR) is 169 cm³/mol. The van der Waals surface area contributed by atoms with Gasteiger partial charge >= 0.3 is 6.09 Å². The maximum absolute atomic E-state index is 12.6. The molecular weight excluding hydrogens is 544 g/mol. The minimum atomic E-state index is -0.545. The maximum atomic E-state index is 12.6. The number of rotatable bonds is 11. The maximum Gasteiger partial charge on any atom is 0.407 e. The first-order chi connectivity index (χ1) is 20.5. The highest BCUT2D eigenvalue weighted by Gasteiger charge is 2.32. The zero-order chi connectivity index (χ0) is 31.0. The lowest BCUT2D eigenvalue weighted by atomic mass is 9.91. The van der Waals surface area contributed by atoms with Crippen molar-refractivity contribution in [3.05, 3.63) is 66.5 Å². The largest absolute Gasteiger partial charge is 0.444 e. The van der Waals surface area contributed by atoms with Crippen molar-refractivity contribution in [3.63, 3.8) is 0 Å². The Balaban J connectivity index is 1.24. The third kappa shape index (κ3) is 8.83. The minimum absolute atomic E-state index is 0.0684. The second-order valence-electron chi connectivity index (χ2n) is 11.9. The van der Waals surface area contributed by atoms with E-state index in [1.807, 2.05) is 47.1 Å². The molecule has 3 amide bonds. The monoisotopic (exact) mass is 588 g/mol. The standard InChI is InChI=1S/C33H44N6O4/c1-6-31(41)39-23(2)20-28(27-10-7-8-11-29(27)39)37-26-15-13-24(14-16-26)25-21-36-38(22-25)19-18-34-30(40)12-9-17-35-32(42)43-33(3,4)5/h7-8,10-11,13-16,21-23,28,37H,6,9,12,17-20H2,1-5H3,(H,34,40)(H,35,42)/t23-,28+/m0/s1. The Labute approximate surface area is 254 Å². The first kappa shape index (κ1) is 31.6. The highest BCUT2D eigenvalue weighted by molar-refractivity contribution is 5.95. The third-order valence-corrected chi connectivity index (χ3v) is 7.26. The molecule has 2 heterocycles. The highest BCUT2D eigenvalue weighted by Crippen LogP contribution is 2.39. The molecule has 3 aromatic rings. The van der Waals surface area contributed by atoms with Crippen LogP contribution < -0.4 is 20.9 Å². The van der Waals surface area contributed by atoms with Crippen LogP contribution >= 0.6 is 0 Å². The van der Waals surface area contributed by atoms with Crippen molar-refractivity contribution in [1.82, 2.24) is 20.4 Å². The van der Waals surface area contributed by atoms with E-state index in [1.54, 1.807) is 20.8 Å². The summed E-state index contributed by atoms with van der Waals surface area (Å²) < 4.78 is 7.00.